The van der Waals surface area contributed by atoms with Gasteiger partial charge in [0.1, 0.15) is 0 Å². The molecule has 0 unspecified atom stereocenters. The molecule has 7 rings (SSSR count). The molecule has 2 heterocycles. The second-order valence-electron chi connectivity index (χ2n) is 12.7. The van der Waals surface area contributed by atoms with Gasteiger partial charge in [-0.05, 0) is 92.2 Å². The third-order valence-corrected chi connectivity index (χ3v) is 10.9. The number of aromatic nitrogens is 4. The van der Waals surface area contributed by atoms with Crippen molar-refractivity contribution < 1.29 is 24.5 Å². The van der Waals surface area contributed by atoms with Crippen molar-refractivity contribution in [2.24, 2.45) is 34.5 Å². The molecule has 200 valence electrons. The summed E-state index contributed by atoms with van der Waals surface area (Å²) in [6.07, 6.45) is 12.2. The molecule has 5 aliphatic rings. The van der Waals surface area contributed by atoms with E-state index in [1.165, 1.54) is 5.57 Å². The average molecular weight is 519 g/mol. The molecule has 0 saturated heterocycles. The number of hydrogen-bond acceptors (Lipinski definition) is 7. The smallest absolute Gasteiger partial charge is 0.348 e. The molecule has 2 aromatic rings. The van der Waals surface area contributed by atoms with Gasteiger partial charge in [-0.2, -0.15) is 15.3 Å². The summed E-state index contributed by atoms with van der Waals surface area (Å²) >= 11 is 0. The van der Waals surface area contributed by atoms with Crippen LogP contribution < -0.4 is 0 Å². The van der Waals surface area contributed by atoms with Crippen LogP contribution in [0.3, 0.4) is 0 Å². The molecule has 5 aliphatic carbocycles. The van der Waals surface area contributed by atoms with Gasteiger partial charge in [0.05, 0.1) is 42.0 Å². The van der Waals surface area contributed by atoms with Crippen molar-refractivity contribution >= 4 is 18.0 Å². The van der Waals surface area contributed by atoms with E-state index in [1.807, 2.05) is 23.9 Å². The minimum Gasteiger partial charge on any atom is -0.478 e. The van der Waals surface area contributed by atoms with E-state index >= 15 is 0 Å². The lowest BCUT2D eigenvalue weighted by Gasteiger charge is -2.60. The van der Waals surface area contributed by atoms with Crippen LogP contribution in [0, 0.1) is 34.5 Å². The molecule has 0 radical (unpaired) electrons. The largest absolute Gasteiger partial charge is 0.478 e. The van der Waals surface area contributed by atoms with Gasteiger partial charge in [-0.3, -0.25) is 4.79 Å². The summed E-state index contributed by atoms with van der Waals surface area (Å²) in [6, 6.07) is 1.89. The number of carbonyl (C=O) groups excluding carboxylic acids is 1. The van der Waals surface area contributed by atoms with Crippen LogP contribution in [0.4, 0.5) is 0 Å². The zero-order chi connectivity index (χ0) is 26.4. The fourth-order valence-electron chi connectivity index (χ4n) is 8.92. The van der Waals surface area contributed by atoms with Crippen LogP contribution in [0.2, 0.25) is 0 Å². The van der Waals surface area contributed by atoms with Gasteiger partial charge in [0.15, 0.2) is 0 Å². The number of allylic oxidation sites excluding steroid dienone is 1. The Kier molecular flexibility index (Phi) is 5.04. The molecule has 38 heavy (non-hydrogen) atoms. The summed E-state index contributed by atoms with van der Waals surface area (Å²) in [5.74, 6) is -1.38. The van der Waals surface area contributed by atoms with Crippen molar-refractivity contribution in [1.29, 1.82) is 0 Å². The van der Waals surface area contributed by atoms with Crippen LogP contribution >= 0.6 is 0 Å². The zero-order valence-electron chi connectivity index (χ0n) is 21.8. The number of ether oxygens (including phenoxy) is 1. The summed E-state index contributed by atoms with van der Waals surface area (Å²) in [5, 5.41) is 34.8. The van der Waals surface area contributed by atoms with Gasteiger partial charge in [-0.25, -0.2) is 9.48 Å². The highest BCUT2D eigenvalue weighted by Gasteiger charge is 2.71. The maximum atomic E-state index is 12.8. The maximum absolute atomic E-state index is 12.8. The van der Waals surface area contributed by atoms with E-state index in [4.69, 9.17) is 4.74 Å². The van der Waals surface area contributed by atoms with Crippen LogP contribution in [0.1, 0.15) is 70.1 Å². The second-order valence-corrected chi connectivity index (χ2v) is 12.7. The first kappa shape index (κ1) is 24.0. The molecule has 4 fully saturated rings. The highest BCUT2D eigenvalue weighted by atomic mass is 16.6. The Balaban J connectivity index is 1.24. The Hall–Kier alpha value is -3.07. The zero-order valence-corrected chi connectivity index (χ0v) is 21.8. The molecule has 0 spiro atoms. The van der Waals surface area contributed by atoms with Crippen LogP contribution in [0.25, 0.3) is 11.8 Å². The van der Waals surface area contributed by atoms with Gasteiger partial charge in [0.25, 0.3) is 0 Å². The van der Waals surface area contributed by atoms with Gasteiger partial charge in [-0.1, -0.05) is 19.4 Å². The van der Waals surface area contributed by atoms with Gasteiger partial charge in [0.2, 0.25) is 5.60 Å². The van der Waals surface area contributed by atoms with Gasteiger partial charge in [0, 0.05) is 5.41 Å². The normalized spacial score (nSPS) is 39.3. The van der Waals surface area contributed by atoms with Crippen LogP contribution in [0.15, 0.2) is 30.2 Å². The highest BCUT2D eigenvalue weighted by Crippen LogP contribution is 2.68. The number of aliphatic hydroxyl groups is 1. The Morgan fingerprint density at radius 1 is 1.13 bits per heavy atom. The van der Waals surface area contributed by atoms with Crippen molar-refractivity contribution in [3.63, 3.8) is 0 Å². The number of hydrogen-bond donors (Lipinski definition) is 2. The molecule has 9 heteroatoms. The number of esters is 1. The molecular weight excluding hydrogens is 484 g/mol. The SMILES string of the molecule is C[C@]12Cc3cnn(-c4ccnnc4)c3C=C1CC[C@@H]1[C@H]2[C@@H](O)C[C@@]2(C)[C@H]1CC[C@]2(OC(=O)C1CC1)C(=O)O. The number of aliphatic carboxylic acids is 1. The molecule has 7 atom stereocenters. The topological polar surface area (TPSA) is 127 Å². The number of aliphatic hydroxyl groups excluding tert-OH is 1. The van der Waals surface area contributed by atoms with E-state index in [0.29, 0.717) is 19.3 Å². The van der Waals surface area contributed by atoms with Crippen LogP contribution in [-0.2, 0) is 20.7 Å². The lowest BCUT2D eigenvalue weighted by atomic mass is 9.45. The number of fused-ring (bicyclic) bond motifs is 6. The number of rotatable bonds is 4. The second kappa shape index (κ2) is 7.97. The van der Waals surface area contributed by atoms with Gasteiger partial charge >= 0.3 is 11.9 Å². The molecule has 0 aliphatic heterocycles. The number of nitrogens with zero attached hydrogens (tertiary/aromatic N) is 4. The lowest BCUT2D eigenvalue weighted by Crippen LogP contribution is -2.63. The monoisotopic (exact) mass is 518 g/mol. The first-order valence-corrected chi connectivity index (χ1v) is 13.9. The third-order valence-electron chi connectivity index (χ3n) is 10.9. The van der Waals surface area contributed by atoms with Gasteiger partial charge < -0.3 is 14.9 Å². The predicted octanol–water partition coefficient (Wildman–Crippen LogP) is 3.59. The lowest BCUT2D eigenvalue weighted by molar-refractivity contribution is -0.211. The number of carboxylic acid groups (broad SMARTS) is 1. The summed E-state index contributed by atoms with van der Waals surface area (Å²) < 4.78 is 7.83. The predicted molar refractivity (Wildman–Crippen MR) is 136 cm³/mol. The van der Waals surface area contributed by atoms with E-state index in [2.05, 4.69) is 28.3 Å². The van der Waals surface area contributed by atoms with Crippen molar-refractivity contribution in [2.45, 2.75) is 76.9 Å². The molecule has 0 aromatic carbocycles. The molecule has 0 amide bonds. The van der Waals surface area contributed by atoms with Crippen molar-refractivity contribution in [2.75, 3.05) is 0 Å². The average Bonchev–Trinajstić information content (AvgIpc) is 3.60. The Morgan fingerprint density at radius 2 is 1.95 bits per heavy atom. The minimum atomic E-state index is -1.57. The van der Waals surface area contributed by atoms with E-state index in [1.54, 1.807) is 12.4 Å². The summed E-state index contributed by atoms with van der Waals surface area (Å²) in [5.41, 5.74) is 1.75. The third kappa shape index (κ3) is 3.11. The first-order valence-electron chi connectivity index (χ1n) is 13.9. The first-order chi connectivity index (χ1) is 18.2. The molecule has 4 saturated carbocycles. The van der Waals surface area contributed by atoms with E-state index in [0.717, 1.165) is 49.0 Å². The summed E-state index contributed by atoms with van der Waals surface area (Å²) in [6.45, 7) is 4.22. The fourth-order valence-corrected chi connectivity index (χ4v) is 8.92. The molecule has 9 nitrogen and oxygen atoms in total. The van der Waals surface area contributed by atoms with Crippen molar-refractivity contribution in [3.05, 3.63) is 41.5 Å². The molecule has 2 aromatic heterocycles. The number of carbonyl (C=O) groups is 2. The Labute approximate surface area is 221 Å². The minimum absolute atomic E-state index is 0.00314. The van der Waals surface area contributed by atoms with Crippen LogP contribution in [0.5, 0.6) is 0 Å². The number of carboxylic acids is 1. The van der Waals surface area contributed by atoms with Crippen molar-refractivity contribution in [1.82, 2.24) is 20.0 Å². The molecule has 2 N–H and O–H groups in total. The maximum Gasteiger partial charge on any atom is 0.348 e. The quantitative estimate of drug-likeness (QED) is 0.588. The molecular formula is C29H34N4O5. The standard InChI is InChI=1S/C29H34N4O5/c1-27-12-17-14-32-33(19-8-10-30-31-15-19)22(17)11-18(27)5-6-20-21-7-9-29(26(36)37,38-25(35)16-3-4-16)28(21,2)13-23(34)24(20)27/h8,10-11,14-16,20-21,23-24,34H,3-7,9,12-13H2,1-2H3,(H,36,37)/t20-,21-,23-,24-,27-,28-,29-/m0/s1. The Bertz CT molecular complexity index is 1350. The fraction of sp³-hybridized carbons (Fsp3) is 0.621. The summed E-state index contributed by atoms with van der Waals surface area (Å²) in [4.78, 5) is 25.5. The Morgan fingerprint density at radius 3 is 2.66 bits per heavy atom. The van der Waals surface area contributed by atoms with Gasteiger partial charge in [-0.15, -0.1) is 0 Å². The molecule has 0 bridgehead atoms. The van der Waals surface area contributed by atoms with Crippen molar-refractivity contribution in [3.8, 4) is 5.69 Å². The van der Waals surface area contributed by atoms with E-state index in [-0.39, 0.29) is 35.1 Å². The summed E-state index contributed by atoms with van der Waals surface area (Å²) in [7, 11) is 0. The van der Waals surface area contributed by atoms with E-state index in [9.17, 15) is 19.8 Å². The van der Waals surface area contributed by atoms with Crippen LogP contribution in [-0.4, -0.2) is 53.8 Å². The van der Waals surface area contributed by atoms with E-state index < -0.39 is 23.1 Å². The highest BCUT2D eigenvalue weighted by molar-refractivity contribution is 5.85.